The van der Waals surface area contributed by atoms with Gasteiger partial charge in [-0.2, -0.15) is 0 Å². The van der Waals surface area contributed by atoms with Crippen LogP contribution in [-0.4, -0.2) is 44.2 Å². The molecule has 0 spiro atoms. The third-order valence-electron chi connectivity index (χ3n) is 4.99. The predicted octanol–water partition coefficient (Wildman–Crippen LogP) is 2.18. The van der Waals surface area contributed by atoms with Gasteiger partial charge in [0.05, 0.1) is 32.6 Å². The first-order chi connectivity index (χ1) is 12.7. The Morgan fingerprint density at radius 3 is 2.92 bits per heavy atom. The van der Waals surface area contributed by atoms with Gasteiger partial charge in [0.2, 0.25) is 0 Å². The number of rotatable bonds is 4. The molecule has 1 saturated heterocycles. The molecule has 6 nitrogen and oxygen atoms in total. The highest BCUT2D eigenvalue weighted by Gasteiger charge is 2.23. The van der Waals surface area contributed by atoms with E-state index in [1.165, 1.54) is 5.56 Å². The molecule has 0 radical (unpaired) electrons. The molecule has 0 amide bonds. The molecule has 3 heterocycles. The van der Waals surface area contributed by atoms with Crippen LogP contribution in [0.5, 0.6) is 11.6 Å². The molecule has 1 fully saturated rings. The van der Waals surface area contributed by atoms with Crippen molar-refractivity contribution in [2.75, 3.05) is 33.5 Å². The number of aryl methyl sites for hydroxylation is 1. The molecular weight excluding hydrogens is 334 g/mol. The van der Waals surface area contributed by atoms with Crippen LogP contribution in [0.25, 0.3) is 11.3 Å². The molecule has 0 N–H and O–H groups in total. The summed E-state index contributed by atoms with van der Waals surface area (Å²) in [7, 11) is 1.66. The lowest BCUT2D eigenvalue weighted by atomic mass is 9.94. The molecule has 2 aromatic rings. The summed E-state index contributed by atoms with van der Waals surface area (Å²) in [5.41, 5.74) is 3.90. The van der Waals surface area contributed by atoms with E-state index < -0.39 is 0 Å². The summed E-state index contributed by atoms with van der Waals surface area (Å²) in [4.78, 5) is 12.5. The number of benzene rings is 1. The van der Waals surface area contributed by atoms with Crippen LogP contribution in [0.4, 0.5) is 0 Å². The van der Waals surface area contributed by atoms with Crippen LogP contribution in [0.3, 0.4) is 0 Å². The van der Waals surface area contributed by atoms with Crippen molar-refractivity contribution in [3.8, 4) is 22.9 Å². The van der Waals surface area contributed by atoms with Crippen LogP contribution >= 0.6 is 0 Å². The fraction of sp³-hybridized carbons (Fsp3) is 0.450. The number of hydrogen-bond acceptors (Lipinski definition) is 5. The number of methoxy groups -OCH3 is 1. The number of aromatic nitrogens is 1. The summed E-state index contributed by atoms with van der Waals surface area (Å²) in [6.07, 6.45) is 0.762. The third-order valence-corrected chi connectivity index (χ3v) is 4.99. The first-order valence-electron chi connectivity index (χ1n) is 8.91. The normalized spacial score (nSPS) is 18.8. The van der Waals surface area contributed by atoms with Crippen LogP contribution in [0.2, 0.25) is 0 Å². The topological polar surface area (TPSA) is 58.9 Å². The zero-order valence-electron chi connectivity index (χ0n) is 15.1. The van der Waals surface area contributed by atoms with Crippen molar-refractivity contribution in [1.82, 2.24) is 4.57 Å². The highest BCUT2D eigenvalue weighted by atomic mass is 16.6. The second-order valence-electron chi connectivity index (χ2n) is 6.62. The van der Waals surface area contributed by atoms with E-state index in [0.717, 1.165) is 35.5 Å². The monoisotopic (exact) mass is 357 g/mol. The molecule has 6 heteroatoms. The molecule has 0 bridgehead atoms. The predicted molar refractivity (Wildman–Crippen MR) is 97.2 cm³/mol. The van der Waals surface area contributed by atoms with Gasteiger partial charge in [-0.25, -0.2) is 0 Å². The Bertz CT molecular complexity index is 867. The standard InChI is InChI=1S/C20H23NO5/c1-13-18(22)10-19(26-12-16-11-24-7-8-25-16)21-6-5-14-9-15(23-2)3-4-17(14)20(13)21/h3-4,9-10,16H,5-8,11-12H2,1-2H3/t16-/m0/s1. The zero-order chi connectivity index (χ0) is 18.1. The minimum atomic E-state index is -0.100. The van der Waals surface area contributed by atoms with Crippen LogP contribution in [0, 0.1) is 6.92 Å². The first-order valence-corrected chi connectivity index (χ1v) is 8.91. The Kier molecular flexibility index (Phi) is 4.70. The van der Waals surface area contributed by atoms with Gasteiger partial charge < -0.3 is 23.5 Å². The van der Waals surface area contributed by atoms with Crippen LogP contribution in [0.15, 0.2) is 29.1 Å². The highest BCUT2D eigenvalue weighted by Crippen LogP contribution is 2.35. The summed E-state index contributed by atoms with van der Waals surface area (Å²) < 4.78 is 24.4. The van der Waals surface area contributed by atoms with Crippen LogP contribution in [-0.2, 0) is 22.4 Å². The van der Waals surface area contributed by atoms with E-state index in [-0.39, 0.29) is 11.5 Å². The van der Waals surface area contributed by atoms with Gasteiger partial charge in [-0.05, 0) is 37.1 Å². The van der Waals surface area contributed by atoms with Gasteiger partial charge in [0.1, 0.15) is 18.5 Å². The van der Waals surface area contributed by atoms with E-state index in [1.807, 2.05) is 25.1 Å². The number of ether oxygens (including phenoxy) is 4. The third kappa shape index (κ3) is 3.10. The van der Waals surface area contributed by atoms with Crippen molar-refractivity contribution in [2.24, 2.45) is 0 Å². The summed E-state index contributed by atoms with van der Waals surface area (Å²) in [5.74, 6) is 1.42. The molecule has 4 rings (SSSR count). The SMILES string of the molecule is COc1ccc2c(c1)CCn1c(OC[C@@H]3COCCO3)cc(=O)c(C)c1-2. The second-order valence-corrected chi connectivity index (χ2v) is 6.62. The van der Waals surface area contributed by atoms with Crippen molar-refractivity contribution >= 4 is 0 Å². The van der Waals surface area contributed by atoms with Gasteiger partial charge >= 0.3 is 0 Å². The van der Waals surface area contributed by atoms with Crippen molar-refractivity contribution in [2.45, 2.75) is 26.0 Å². The van der Waals surface area contributed by atoms with E-state index in [0.29, 0.717) is 32.3 Å². The van der Waals surface area contributed by atoms with Gasteiger partial charge in [0.25, 0.3) is 0 Å². The molecule has 0 unspecified atom stereocenters. The van der Waals surface area contributed by atoms with Gasteiger partial charge in [-0.15, -0.1) is 0 Å². The van der Waals surface area contributed by atoms with Crippen molar-refractivity contribution in [1.29, 1.82) is 0 Å². The van der Waals surface area contributed by atoms with E-state index in [9.17, 15) is 4.79 Å². The molecule has 2 aliphatic heterocycles. The highest BCUT2D eigenvalue weighted by molar-refractivity contribution is 5.70. The van der Waals surface area contributed by atoms with E-state index in [1.54, 1.807) is 13.2 Å². The maximum absolute atomic E-state index is 12.5. The molecule has 0 saturated carbocycles. The summed E-state index contributed by atoms with van der Waals surface area (Å²) in [6.45, 7) is 4.72. The fourth-order valence-electron chi connectivity index (χ4n) is 3.59. The van der Waals surface area contributed by atoms with Gasteiger partial charge in [0.15, 0.2) is 11.3 Å². The molecule has 1 aromatic heterocycles. The van der Waals surface area contributed by atoms with Crippen LogP contribution in [0.1, 0.15) is 11.1 Å². The molecule has 138 valence electrons. The lowest BCUT2D eigenvalue weighted by Crippen LogP contribution is -2.34. The second kappa shape index (κ2) is 7.13. The maximum Gasteiger partial charge on any atom is 0.197 e. The summed E-state index contributed by atoms with van der Waals surface area (Å²) in [5, 5.41) is 0. The van der Waals surface area contributed by atoms with Gasteiger partial charge in [-0.3, -0.25) is 4.79 Å². The quantitative estimate of drug-likeness (QED) is 0.839. The number of nitrogens with zero attached hydrogens (tertiary/aromatic N) is 1. The molecule has 2 aliphatic rings. The maximum atomic E-state index is 12.5. The fourth-order valence-corrected chi connectivity index (χ4v) is 3.59. The Morgan fingerprint density at radius 2 is 2.15 bits per heavy atom. The summed E-state index contributed by atoms with van der Waals surface area (Å²) >= 11 is 0. The van der Waals surface area contributed by atoms with E-state index in [2.05, 4.69) is 4.57 Å². The molecule has 1 atom stereocenters. The number of pyridine rings is 1. The lowest BCUT2D eigenvalue weighted by molar-refractivity contribution is -0.102. The minimum Gasteiger partial charge on any atom is -0.497 e. The summed E-state index contributed by atoms with van der Waals surface area (Å²) in [6, 6.07) is 7.58. The molecule has 1 aromatic carbocycles. The smallest absolute Gasteiger partial charge is 0.197 e. The van der Waals surface area contributed by atoms with E-state index in [4.69, 9.17) is 18.9 Å². The Morgan fingerprint density at radius 1 is 1.27 bits per heavy atom. The van der Waals surface area contributed by atoms with Gasteiger partial charge in [-0.1, -0.05) is 0 Å². The Labute approximate surface area is 152 Å². The van der Waals surface area contributed by atoms with Crippen LogP contribution < -0.4 is 14.9 Å². The average Bonchev–Trinajstić information content (AvgIpc) is 2.69. The molecule has 0 aliphatic carbocycles. The number of fused-ring (bicyclic) bond motifs is 3. The lowest BCUT2D eigenvalue weighted by Gasteiger charge is -2.28. The minimum absolute atomic E-state index is 0.0178. The zero-order valence-corrected chi connectivity index (χ0v) is 15.1. The molecule has 26 heavy (non-hydrogen) atoms. The van der Waals surface area contributed by atoms with Gasteiger partial charge in [0, 0.05) is 23.7 Å². The first kappa shape index (κ1) is 17.1. The molecular formula is C20H23NO5. The Balaban J connectivity index is 1.70. The average molecular weight is 357 g/mol. The Hall–Kier alpha value is -2.31. The van der Waals surface area contributed by atoms with E-state index >= 15 is 0 Å². The largest absolute Gasteiger partial charge is 0.497 e. The van der Waals surface area contributed by atoms with Crippen molar-refractivity contribution < 1.29 is 18.9 Å². The number of hydrogen-bond donors (Lipinski definition) is 0. The van der Waals surface area contributed by atoms with Crippen molar-refractivity contribution in [3.63, 3.8) is 0 Å². The van der Waals surface area contributed by atoms with Crippen molar-refractivity contribution in [3.05, 3.63) is 45.6 Å².